The molecule has 1 aliphatic heterocycles. The third kappa shape index (κ3) is 4.17. The summed E-state index contributed by atoms with van der Waals surface area (Å²) >= 11 is 8.30. The van der Waals surface area contributed by atoms with Crippen LogP contribution in [0.3, 0.4) is 0 Å². The van der Waals surface area contributed by atoms with Crippen molar-refractivity contribution in [2.45, 2.75) is 25.7 Å². The van der Waals surface area contributed by atoms with Gasteiger partial charge in [-0.1, -0.05) is 17.7 Å². The molecule has 1 aliphatic carbocycles. The molecule has 0 bridgehead atoms. The minimum absolute atomic E-state index is 0.773. The molecule has 0 spiro atoms. The number of hydrogen-bond donors (Lipinski definition) is 2. The molecule has 0 unspecified atom stereocenters. The van der Waals surface area contributed by atoms with Crippen molar-refractivity contribution in [3.8, 4) is 11.3 Å². The summed E-state index contributed by atoms with van der Waals surface area (Å²) in [7, 11) is 2.05. The maximum atomic E-state index is 6.64. The minimum Gasteiger partial charge on any atom is -0.361 e. The molecule has 1 fully saturated rings. The van der Waals surface area contributed by atoms with E-state index in [1.807, 2.05) is 19.3 Å². The Bertz CT molecular complexity index is 1030. The zero-order chi connectivity index (χ0) is 20.5. The third-order valence-electron chi connectivity index (χ3n) is 5.92. The molecule has 0 radical (unpaired) electrons. The highest BCUT2D eigenvalue weighted by molar-refractivity contribution is 7.14. The summed E-state index contributed by atoms with van der Waals surface area (Å²) in [6.07, 6.45) is 6.59. The van der Waals surface area contributed by atoms with Gasteiger partial charge in [0.1, 0.15) is 5.82 Å². The number of fused-ring (bicyclic) bond motifs is 1. The average molecular weight is 440 g/mol. The van der Waals surface area contributed by atoms with Gasteiger partial charge < -0.3 is 15.5 Å². The van der Waals surface area contributed by atoms with Crippen molar-refractivity contribution in [3.05, 3.63) is 52.0 Å². The number of anilines is 3. The van der Waals surface area contributed by atoms with Crippen LogP contribution in [-0.4, -0.2) is 36.6 Å². The maximum Gasteiger partial charge on any atom is 0.183 e. The molecule has 7 heteroatoms. The van der Waals surface area contributed by atoms with E-state index in [0.717, 1.165) is 71.3 Å². The molecule has 0 amide bonds. The van der Waals surface area contributed by atoms with Gasteiger partial charge in [-0.05, 0) is 74.0 Å². The Morgan fingerprint density at radius 3 is 2.87 bits per heavy atom. The van der Waals surface area contributed by atoms with E-state index in [0.29, 0.717) is 0 Å². The first-order valence-electron chi connectivity index (χ1n) is 10.6. The predicted molar refractivity (Wildman–Crippen MR) is 126 cm³/mol. The van der Waals surface area contributed by atoms with E-state index in [-0.39, 0.29) is 0 Å². The van der Waals surface area contributed by atoms with Crippen LogP contribution in [-0.2, 0) is 12.8 Å². The van der Waals surface area contributed by atoms with Crippen molar-refractivity contribution >= 4 is 39.6 Å². The molecule has 0 saturated heterocycles. The minimum atomic E-state index is 0.773. The fraction of sp³-hybridized carbons (Fsp3) is 0.391. The monoisotopic (exact) mass is 439 g/mol. The van der Waals surface area contributed by atoms with Crippen LogP contribution in [0.2, 0.25) is 5.02 Å². The zero-order valence-electron chi connectivity index (χ0n) is 17.1. The van der Waals surface area contributed by atoms with Gasteiger partial charge in [-0.3, -0.25) is 0 Å². The van der Waals surface area contributed by atoms with Crippen LogP contribution in [0.15, 0.2) is 35.8 Å². The lowest BCUT2D eigenvalue weighted by molar-refractivity contribution is 0.711. The Kier molecular flexibility index (Phi) is 5.63. The Labute approximate surface area is 186 Å². The van der Waals surface area contributed by atoms with Crippen molar-refractivity contribution in [1.82, 2.24) is 15.3 Å². The Hall–Kier alpha value is -2.15. The van der Waals surface area contributed by atoms with Crippen molar-refractivity contribution < 1.29 is 0 Å². The summed E-state index contributed by atoms with van der Waals surface area (Å²) in [6, 6.07) is 8.32. The summed E-state index contributed by atoms with van der Waals surface area (Å²) in [4.78, 5) is 11.6. The highest BCUT2D eigenvalue weighted by Crippen LogP contribution is 2.37. The molecule has 5 nitrogen and oxygen atoms in total. The quantitative estimate of drug-likeness (QED) is 0.557. The molecule has 5 rings (SSSR count). The van der Waals surface area contributed by atoms with Gasteiger partial charge in [-0.15, -0.1) is 11.3 Å². The molecule has 2 aliphatic rings. The van der Waals surface area contributed by atoms with E-state index < -0.39 is 0 Å². The van der Waals surface area contributed by atoms with Crippen LogP contribution in [0.4, 0.5) is 16.6 Å². The van der Waals surface area contributed by atoms with Crippen LogP contribution >= 0.6 is 22.9 Å². The highest BCUT2D eigenvalue weighted by atomic mass is 35.5. The SMILES string of the molecule is CN(c1ccc(-c2csc(NCC3CC3)n2)cn1)c1c(Cl)ccc2c1CCNCC2. The largest absolute Gasteiger partial charge is 0.361 e. The number of benzene rings is 1. The lowest BCUT2D eigenvalue weighted by Gasteiger charge is -2.24. The number of rotatable bonds is 6. The summed E-state index contributed by atoms with van der Waals surface area (Å²) in [5.41, 5.74) is 5.77. The van der Waals surface area contributed by atoms with Crippen LogP contribution in [0.5, 0.6) is 0 Å². The standard InChI is InChI=1S/C23H26ClN5S/c1-29(22-18-9-11-25-10-8-16(18)4-6-19(22)24)21-7-5-17(13-26-21)20-14-30-23(28-20)27-12-15-2-3-15/h4-7,13-15,25H,2-3,8-12H2,1H3,(H,27,28). The molecule has 30 heavy (non-hydrogen) atoms. The molecular formula is C23H26ClN5S. The summed E-state index contributed by atoms with van der Waals surface area (Å²) in [6.45, 7) is 3.02. The first kappa shape index (κ1) is 19.8. The van der Waals surface area contributed by atoms with E-state index in [1.165, 1.54) is 24.0 Å². The summed E-state index contributed by atoms with van der Waals surface area (Å²) in [5.74, 6) is 1.72. The molecule has 2 aromatic heterocycles. The second-order valence-corrected chi connectivity index (χ2v) is 9.38. The molecule has 2 N–H and O–H groups in total. The number of hydrogen-bond acceptors (Lipinski definition) is 6. The first-order valence-corrected chi connectivity index (χ1v) is 11.9. The van der Waals surface area contributed by atoms with E-state index >= 15 is 0 Å². The average Bonchev–Trinajstić information content (AvgIpc) is 3.53. The van der Waals surface area contributed by atoms with E-state index in [9.17, 15) is 0 Å². The van der Waals surface area contributed by atoms with Gasteiger partial charge in [-0.2, -0.15) is 0 Å². The number of pyridine rings is 1. The fourth-order valence-electron chi connectivity index (χ4n) is 3.98. The maximum absolute atomic E-state index is 6.64. The van der Waals surface area contributed by atoms with Gasteiger partial charge in [0.25, 0.3) is 0 Å². The van der Waals surface area contributed by atoms with Gasteiger partial charge in [0, 0.05) is 30.7 Å². The molecule has 1 saturated carbocycles. The van der Waals surface area contributed by atoms with Gasteiger partial charge >= 0.3 is 0 Å². The van der Waals surface area contributed by atoms with Gasteiger partial charge in [0.15, 0.2) is 5.13 Å². The van der Waals surface area contributed by atoms with Crippen LogP contribution in [0, 0.1) is 5.92 Å². The van der Waals surface area contributed by atoms with Crippen molar-refractivity contribution in [2.24, 2.45) is 5.92 Å². The molecule has 0 atom stereocenters. The summed E-state index contributed by atoms with van der Waals surface area (Å²) in [5, 5.41) is 10.8. The molecular weight excluding hydrogens is 414 g/mol. The predicted octanol–water partition coefficient (Wildman–Crippen LogP) is 5.14. The first-order chi connectivity index (χ1) is 14.7. The second kappa shape index (κ2) is 8.53. The zero-order valence-corrected chi connectivity index (χ0v) is 18.7. The number of thiazole rings is 1. The normalized spacial score (nSPS) is 16.1. The lowest BCUT2D eigenvalue weighted by atomic mass is 10.00. The third-order valence-corrected chi connectivity index (χ3v) is 7.02. The number of nitrogens with one attached hydrogen (secondary N) is 2. The number of aromatic nitrogens is 2. The van der Waals surface area contributed by atoms with Crippen molar-refractivity contribution in [3.63, 3.8) is 0 Å². The van der Waals surface area contributed by atoms with Gasteiger partial charge in [0.05, 0.1) is 16.4 Å². The van der Waals surface area contributed by atoms with Gasteiger partial charge in [0.2, 0.25) is 0 Å². The fourth-order valence-corrected chi connectivity index (χ4v) is 5.01. The smallest absolute Gasteiger partial charge is 0.183 e. The lowest BCUT2D eigenvalue weighted by Crippen LogP contribution is -2.17. The molecule has 3 heterocycles. The molecule has 3 aromatic rings. The molecule has 1 aromatic carbocycles. The molecule has 156 valence electrons. The van der Waals surface area contributed by atoms with E-state index in [4.69, 9.17) is 21.6 Å². The van der Waals surface area contributed by atoms with Crippen LogP contribution in [0.1, 0.15) is 24.0 Å². The second-order valence-electron chi connectivity index (χ2n) is 8.11. The topological polar surface area (TPSA) is 53.1 Å². The number of nitrogens with zero attached hydrogens (tertiary/aromatic N) is 3. The highest BCUT2D eigenvalue weighted by Gasteiger charge is 2.21. The van der Waals surface area contributed by atoms with Crippen LogP contribution in [0.25, 0.3) is 11.3 Å². The van der Waals surface area contributed by atoms with E-state index in [2.05, 4.69) is 39.1 Å². The number of halogens is 1. The van der Waals surface area contributed by atoms with E-state index in [1.54, 1.807) is 11.3 Å². The summed E-state index contributed by atoms with van der Waals surface area (Å²) < 4.78 is 0. The van der Waals surface area contributed by atoms with Crippen LogP contribution < -0.4 is 15.5 Å². The van der Waals surface area contributed by atoms with Gasteiger partial charge in [-0.25, -0.2) is 9.97 Å². The van der Waals surface area contributed by atoms with Crippen molar-refractivity contribution in [2.75, 3.05) is 36.9 Å². The Morgan fingerprint density at radius 2 is 2.07 bits per heavy atom. The van der Waals surface area contributed by atoms with Crippen molar-refractivity contribution in [1.29, 1.82) is 0 Å². The Morgan fingerprint density at radius 1 is 1.20 bits per heavy atom. The Balaban J connectivity index is 1.37.